The van der Waals surface area contributed by atoms with Crippen molar-refractivity contribution in [1.82, 2.24) is 0 Å². The van der Waals surface area contributed by atoms with Crippen LogP contribution in [-0.2, 0) is 0 Å². The van der Waals surface area contributed by atoms with Crippen molar-refractivity contribution >= 4 is 0 Å². The Bertz CT molecular complexity index is 42.0. The first-order chi connectivity index (χ1) is 2.77. The van der Waals surface area contributed by atoms with E-state index in [4.69, 9.17) is 0 Å². The summed E-state index contributed by atoms with van der Waals surface area (Å²) in [6, 6.07) is 0. The lowest BCUT2D eigenvalue weighted by molar-refractivity contribution is 1.20. The van der Waals surface area contributed by atoms with Gasteiger partial charge < -0.3 is 0 Å². The number of hydrogen-bond acceptors (Lipinski definition) is 0. The summed E-state index contributed by atoms with van der Waals surface area (Å²) in [5, 5.41) is 0. The molecule has 0 N–H and O–H groups in total. The van der Waals surface area contributed by atoms with Gasteiger partial charge in [-0.3, -0.25) is 0 Å². The Hall–Kier alpha value is -0.260. The van der Waals surface area contributed by atoms with Gasteiger partial charge in [-0.25, -0.2) is 0 Å². The average molecular weight is 83.2 g/mol. The Balaban J connectivity index is 3.03. The fourth-order valence-corrected chi connectivity index (χ4v) is 0.333. The van der Waals surface area contributed by atoms with Crippen LogP contribution in [0.1, 0.15) is 20.8 Å². The molecule has 0 amide bonds. The van der Waals surface area contributed by atoms with Crippen LogP contribution in [0.3, 0.4) is 0 Å². The van der Waals surface area contributed by atoms with Gasteiger partial charge in [0.1, 0.15) is 0 Å². The number of allylic oxidation sites excluding steroid dienone is 2. The second kappa shape index (κ2) is 2.95. The molecule has 0 fully saturated rings. The third-order valence-electron chi connectivity index (χ3n) is 0.500. The van der Waals surface area contributed by atoms with Crippen molar-refractivity contribution in [2.75, 3.05) is 0 Å². The van der Waals surface area contributed by atoms with Crippen molar-refractivity contribution in [3.05, 3.63) is 18.1 Å². The molecule has 0 aliphatic rings. The van der Waals surface area contributed by atoms with Crippen molar-refractivity contribution in [2.24, 2.45) is 0 Å². The minimum absolute atomic E-state index is 1.36. The minimum atomic E-state index is 1.36. The highest BCUT2D eigenvalue weighted by Crippen LogP contribution is 1.93. The third kappa shape index (κ3) is 3.74. The minimum Gasteiger partial charge on any atom is -0.0911 e. The van der Waals surface area contributed by atoms with E-state index < -0.39 is 0 Å². The van der Waals surface area contributed by atoms with Crippen LogP contribution in [0.15, 0.2) is 12.2 Å². The van der Waals surface area contributed by atoms with Crippen molar-refractivity contribution in [1.29, 1.82) is 0 Å². The zero-order valence-electron chi connectivity index (χ0n) is 4.65. The third-order valence-corrected chi connectivity index (χ3v) is 0.500. The maximum absolute atomic E-state index is 2.08. The topological polar surface area (TPSA) is 0 Å². The first-order valence-corrected chi connectivity index (χ1v) is 2.20. The highest BCUT2D eigenvalue weighted by atomic mass is 13.8. The molecule has 0 saturated carbocycles. The number of rotatable bonds is 1. The predicted molar refractivity (Wildman–Crippen MR) is 29.4 cm³/mol. The van der Waals surface area contributed by atoms with Gasteiger partial charge in [-0.05, 0) is 12.8 Å². The lowest BCUT2D eigenvalue weighted by Gasteiger charge is -1.85. The monoisotopic (exact) mass is 83.1 g/mol. The molecule has 0 rings (SSSR count). The summed E-state index contributed by atoms with van der Waals surface area (Å²) < 4.78 is 0. The molecular weight excluding hydrogens is 72.1 g/mol. The van der Waals surface area contributed by atoms with E-state index in [0.717, 1.165) is 0 Å². The summed E-state index contributed by atoms with van der Waals surface area (Å²) in [5.41, 5.74) is 0. The molecule has 0 atom stereocenters. The Kier molecular flexibility index (Phi) is 2.82. The highest BCUT2D eigenvalue weighted by Gasteiger charge is 1.77. The molecule has 1 radical (unpaired) electrons. The summed E-state index contributed by atoms with van der Waals surface area (Å²) in [5.74, 6) is 1.36. The van der Waals surface area contributed by atoms with Gasteiger partial charge in [-0.1, -0.05) is 26.0 Å². The van der Waals surface area contributed by atoms with Crippen LogP contribution in [0.5, 0.6) is 0 Å². The van der Waals surface area contributed by atoms with Crippen molar-refractivity contribution in [3.8, 4) is 0 Å². The average Bonchev–Trinajstić information content (AvgIpc) is 1.35. The second-order valence-corrected chi connectivity index (χ2v) is 1.58. The summed E-state index contributed by atoms with van der Waals surface area (Å²) in [6.07, 6.45) is 4.12. The van der Waals surface area contributed by atoms with Crippen LogP contribution in [0, 0.1) is 5.92 Å². The van der Waals surface area contributed by atoms with E-state index >= 15 is 0 Å². The summed E-state index contributed by atoms with van der Waals surface area (Å²) >= 11 is 0. The van der Waals surface area contributed by atoms with Crippen LogP contribution in [0.4, 0.5) is 0 Å². The molecule has 0 aromatic rings. The summed E-state index contributed by atoms with van der Waals surface area (Å²) in [4.78, 5) is 0. The van der Waals surface area contributed by atoms with Crippen molar-refractivity contribution in [3.63, 3.8) is 0 Å². The van der Waals surface area contributed by atoms with Gasteiger partial charge in [0.15, 0.2) is 0 Å². The standard InChI is InChI=1S/C6H11/c1-4-5-6(2)3/h4-5H,1-3H3/b5-4+. The van der Waals surface area contributed by atoms with E-state index in [2.05, 4.69) is 19.9 Å². The van der Waals surface area contributed by atoms with Gasteiger partial charge in [-0.2, -0.15) is 0 Å². The van der Waals surface area contributed by atoms with Crippen LogP contribution in [-0.4, -0.2) is 0 Å². The van der Waals surface area contributed by atoms with Gasteiger partial charge >= 0.3 is 0 Å². The van der Waals surface area contributed by atoms with E-state index in [1.165, 1.54) is 5.92 Å². The molecule has 0 nitrogen and oxygen atoms in total. The van der Waals surface area contributed by atoms with Crippen LogP contribution in [0.2, 0.25) is 0 Å². The predicted octanol–water partition coefficient (Wildman–Crippen LogP) is 2.18. The van der Waals surface area contributed by atoms with Crippen LogP contribution >= 0.6 is 0 Å². The molecular formula is C6H11. The van der Waals surface area contributed by atoms with Gasteiger partial charge in [-0.15, -0.1) is 0 Å². The normalized spacial score (nSPS) is 11.3. The fourth-order valence-electron chi connectivity index (χ4n) is 0.333. The van der Waals surface area contributed by atoms with E-state index in [0.29, 0.717) is 0 Å². The highest BCUT2D eigenvalue weighted by molar-refractivity contribution is 5.01. The second-order valence-electron chi connectivity index (χ2n) is 1.58. The first-order valence-electron chi connectivity index (χ1n) is 2.20. The van der Waals surface area contributed by atoms with Gasteiger partial charge in [0.2, 0.25) is 0 Å². The van der Waals surface area contributed by atoms with Gasteiger partial charge in [0.25, 0.3) is 0 Å². The number of hydrogen-bond donors (Lipinski definition) is 0. The quantitative estimate of drug-likeness (QED) is 0.455. The zero-order valence-corrected chi connectivity index (χ0v) is 4.65. The van der Waals surface area contributed by atoms with E-state index in [1.54, 1.807) is 0 Å². The molecule has 6 heavy (non-hydrogen) atoms. The Morgan fingerprint density at radius 1 is 1.33 bits per heavy atom. The van der Waals surface area contributed by atoms with E-state index in [1.807, 2.05) is 13.0 Å². The largest absolute Gasteiger partial charge is 0.0911 e. The molecule has 0 spiro atoms. The maximum atomic E-state index is 2.08. The molecule has 0 heterocycles. The lowest BCUT2D eigenvalue weighted by Crippen LogP contribution is -1.69. The van der Waals surface area contributed by atoms with Crippen molar-refractivity contribution < 1.29 is 0 Å². The maximum Gasteiger partial charge on any atom is -0.00893 e. The molecule has 0 unspecified atom stereocenters. The first kappa shape index (κ1) is 5.74. The van der Waals surface area contributed by atoms with Crippen molar-refractivity contribution in [2.45, 2.75) is 20.8 Å². The van der Waals surface area contributed by atoms with Crippen LogP contribution in [0.25, 0.3) is 0 Å². The summed E-state index contributed by atoms with van der Waals surface area (Å²) in [7, 11) is 0. The molecule has 0 aromatic carbocycles. The fraction of sp³-hybridized carbons (Fsp3) is 0.500. The Morgan fingerprint density at radius 2 is 1.83 bits per heavy atom. The molecule has 0 saturated heterocycles. The Morgan fingerprint density at radius 3 is 1.83 bits per heavy atom. The molecule has 35 valence electrons. The molecule has 0 aromatic heterocycles. The van der Waals surface area contributed by atoms with E-state index in [-0.39, 0.29) is 0 Å². The molecule has 0 heteroatoms. The zero-order chi connectivity index (χ0) is 4.99. The smallest absolute Gasteiger partial charge is 0.00893 e. The molecule has 0 bridgehead atoms. The van der Waals surface area contributed by atoms with Crippen LogP contribution < -0.4 is 0 Å². The van der Waals surface area contributed by atoms with E-state index in [9.17, 15) is 0 Å². The Labute approximate surface area is 39.9 Å². The SMILES string of the molecule is C/C=C/[C](C)C. The lowest BCUT2D eigenvalue weighted by atomic mass is 10.2. The summed E-state index contributed by atoms with van der Waals surface area (Å²) in [6.45, 7) is 6.19. The van der Waals surface area contributed by atoms with Gasteiger partial charge in [0.05, 0.1) is 0 Å². The molecule has 0 aliphatic carbocycles. The van der Waals surface area contributed by atoms with Gasteiger partial charge in [0, 0.05) is 0 Å². The molecule has 0 aliphatic heterocycles.